The van der Waals surface area contributed by atoms with Crippen molar-refractivity contribution < 1.29 is 27.6 Å². The first-order chi connectivity index (χ1) is 17.0. The summed E-state index contributed by atoms with van der Waals surface area (Å²) < 4.78 is 41.9. The Kier molecular flexibility index (Phi) is 7.14. The Bertz CT molecular complexity index is 1420. The van der Waals surface area contributed by atoms with Crippen LogP contribution >= 0.6 is 27.7 Å². The number of aryl methyl sites for hydroxylation is 1. The Balaban J connectivity index is 1.56. The fourth-order valence-electron chi connectivity index (χ4n) is 3.83. The first-order valence-electron chi connectivity index (χ1n) is 10.6. The van der Waals surface area contributed by atoms with Crippen LogP contribution in [0.15, 0.2) is 64.0 Å². The van der Waals surface area contributed by atoms with Crippen LogP contribution in [0.2, 0.25) is 0 Å². The molecule has 0 radical (unpaired) electrons. The fraction of sp³-hybridized carbons (Fsp3) is 0.160. The van der Waals surface area contributed by atoms with E-state index in [1.165, 1.54) is 12.1 Å². The summed E-state index contributed by atoms with van der Waals surface area (Å²) in [5.41, 5.74) is 1.91. The van der Waals surface area contributed by atoms with Gasteiger partial charge in [0.25, 0.3) is 11.1 Å². The van der Waals surface area contributed by atoms with Crippen molar-refractivity contribution in [2.75, 3.05) is 11.9 Å². The molecule has 36 heavy (non-hydrogen) atoms. The van der Waals surface area contributed by atoms with Crippen LogP contribution in [0.3, 0.4) is 0 Å². The average Bonchev–Trinajstić information content (AvgIpc) is 3.24. The quantitative estimate of drug-likeness (QED) is 0.349. The molecule has 0 spiro atoms. The average molecular weight is 578 g/mol. The van der Waals surface area contributed by atoms with E-state index in [1.54, 1.807) is 54.8 Å². The Morgan fingerprint density at radius 1 is 1.08 bits per heavy atom. The van der Waals surface area contributed by atoms with Crippen LogP contribution in [0.4, 0.5) is 23.7 Å². The van der Waals surface area contributed by atoms with E-state index in [-0.39, 0.29) is 4.91 Å². The first-order valence-corrected chi connectivity index (χ1v) is 12.2. The number of rotatable bonds is 5. The predicted octanol–water partition coefficient (Wildman–Crippen LogP) is 6.55. The lowest BCUT2D eigenvalue weighted by Gasteiger charge is -2.13. The van der Waals surface area contributed by atoms with Gasteiger partial charge in [-0.1, -0.05) is 18.2 Å². The van der Waals surface area contributed by atoms with Crippen molar-refractivity contribution in [2.24, 2.45) is 0 Å². The van der Waals surface area contributed by atoms with Gasteiger partial charge >= 0.3 is 6.18 Å². The number of alkyl halides is 3. The normalized spacial score (nSPS) is 15.2. The Morgan fingerprint density at radius 3 is 2.50 bits per heavy atom. The molecule has 2 heterocycles. The van der Waals surface area contributed by atoms with E-state index in [0.29, 0.717) is 44.6 Å². The molecular formula is C25H19BrF3N3O3S. The molecule has 1 fully saturated rings. The highest BCUT2D eigenvalue weighted by atomic mass is 79.9. The smallest absolute Gasteiger partial charge is 0.324 e. The van der Waals surface area contributed by atoms with Crippen LogP contribution in [0.1, 0.15) is 22.5 Å². The maximum absolute atomic E-state index is 13.2. The lowest BCUT2D eigenvalue weighted by atomic mass is 10.2. The fourth-order valence-corrected chi connectivity index (χ4v) is 5.04. The van der Waals surface area contributed by atoms with Gasteiger partial charge in [-0.25, -0.2) is 0 Å². The van der Waals surface area contributed by atoms with E-state index >= 15 is 0 Å². The molecule has 1 saturated heterocycles. The van der Waals surface area contributed by atoms with E-state index < -0.39 is 35.3 Å². The maximum Gasteiger partial charge on any atom is 0.416 e. The summed E-state index contributed by atoms with van der Waals surface area (Å²) in [5.74, 6) is -1.15. The topological polar surface area (TPSA) is 71.4 Å². The van der Waals surface area contributed by atoms with Gasteiger partial charge in [0.1, 0.15) is 6.54 Å². The Hall–Kier alpha value is -3.31. The second-order valence-corrected chi connectivity index (χ2v) is 9.85. The monoisotopic (exact) mass is 577 g/mol. The zero-order chi connectivity index (χ0) is 26.2. The van der Waals surface area contributed by atoms with E-state index in [0.717, 1.165) is 17.0 Å². The number of carbonyl (C=O) groups excluding carboxylic acids is 3. The molecule has 0 bridgehead atoms. The molecule has 0 saturated carbocycles. The van der Waals surface area contributed by atoms with Crippen molar-refractivity contribution in [3.8, 4) is 5.69 Å². The number of hydrogen-bond acceptors (Lipinski definition) is 4. The third-order valence-corrected chi connectivity index (χ3v) is 7.11. The minimum absolute atomic E-state index is 0.123. The van der Waals surface area contributed by atoms with Crippen molar-refractivity contribution in [3.05, 3.63) is 86.5 Å². The van der Waals surface area contributed by atoms with Crippen LogP contribution < -0.4 is 5.32 Å². The highest BCUT2D eigenvalue weighted by molar-refractivity contribution is 9.10. The van der Waals surface area contributed by atoms with Crippen LogP contribution in [0.5, 0.6) is 0 Å². The molecule has 2 aromatic carbocycles. The number of nitrogens with zero attached hydrogens (tertiary/aromatic N) is 2. The summed E-state index contributed by atoms with van der Waals surface area (Å²) >= 11 is 4.02. The van der Waals surface area contributed by atoms with E-state index in [4.69, 9.17) is 0 Å². The third-order valence-electron chi connectivity index (χ3n) is 5.51. The number of imide groups is 1. The molecule has 1 aromatic heterocycles. The zero-order valence-electron chi connectivity index (χ0n) is 19.0. The van der Waals surface area contributed by atoms with Gasteiger partial charge in [0.2, 0.25) is 5.91 Å². The number of amides is 3. The summed E-state index contributed by atoms with van der Waals surface area (Å²) in [6.07, 6.45) is -2.96. The summed E-state index contributed by atoms with van der Waals surface area (Å²) in [4.78, 5) is 38.8. The van der Waals surface area contributed by atoms with Gasteiger partial charge in [0, 0.05) is 21.5 Å². The van der Waals surface area contributed by atoms with Gasteiger partial charge < -0.3 is 9.88 Å². The molecule has 0 unspecified atom stereocenters. The van der Waals surface area contributed by atoms with Gasteiger partial charge in [0.15, 0.2) is 0 Å². The number of carbonyl (C=O) groups is 3. The molecule has 3 aromatic rings. The van der Waals surface area contributed by atoms with Crippen molar-refractivity contribution in [2.45, 2.75) is 20.0 Å². The molecule has 186 valence electrons. The highest BCUT2D eigenvalue weighted by Gasteiger charge is 2.36. The number of thioether (sulfide) groups is 1. The predicted molar refractivity (Wildman–Crippen MR) is 136 cm³/mol. The highest BCUT2D eigenvalue weighted by Crippen LogP contribution is 2.35. The van der Waals surface area contributed by atoms with Crippen molar-refractivity contribution in [1.29, 1.82) is 0 Å². The SMILES string of the molecule is Cc1cc(/C=C2\SC(=O)N(CC(=O)Nc3ccccc3Br)C2=O)c(C)n1-c1cccc(C(F)(F)F)c1. The van der Waals surface area contributed by atoms with Gasteiger partial charge in [-0.2, -0.15) is 13.2 Å². The standard InChI is InChI=1S/C25H19BrF3N3O3S/c1-14-10-16(15(2)32(14)18-7-5-6-17(12-18)25(27,28)29)11-21-23(34)31(24(35)36-21)13-22(33)30-20-9-4-3-8-19(20)26/h3-12H,13H2,1-2H3,(H,30,33)/b21-11-. The van der Waals surface area contributed by atoms with Gasteiger partial charge in [-0.3, -0.25) is 19.3 Å². The van der Waals surface area contributed by atoms with Crippen LogP contribution in [-0.2, 0) is 15.8 Å². The molecular weight excluding hydrogens is 559 g/mol. The number of aromatic nitrogens is 1. The first kappa shape index (κ1) is 25.8. The molecule has 3 amide bonds. The van der Waals surface area contributed by atoms with Crippen molar-refractivity contribution >= 4 is 56.5 Å². The molecule has 1 aliphatic heterocycles. The molecule has 11 heteroatoms. The Labute approximate surface area is 217 Å². The van der Waals surface area contributed by atoms with Crippen LogP contribution in [0, 0.1) is 13.8 Å². The molecule has 6 nitrogen and oxygen atoms in total. The molecule has 0 atom stereocenters. The van der Waals surface area contributed by atoms with Crippen molar-refractivity contribution in [3.63, 3.8) is 0 Å². The number of benzene rings is 2. The summed E-state index contributed by atoms with van der Waals surface area (Å²) in [6, 6.07) is 13.6. The largest absolute Gasteiger partial charge is 0.416 e. The van der Waals surface area contributed by atoms with E-state index in [1.807, 2.05) is 0 Å². The van der Waals surface area contributed by atoms with Gasteiger partial charge in [0.05, 0.1) is 16.2 Å². The zero-order valence-corrected chi connectivity index (χ0v) is 21.4. The van der Waals surface area contributed by atoms with Gasteiger partial charge in [-0.05, 0) is 89.6 Å². The number of halogens is 4. The molecule has 0 aliphatic carbocycles. The van der Waals surface area contributed by atoms with E-state index in [9.17, 15) is 27.6 Å². The van der Waals surface area contributed by atoms with E-state index in [2.05, 4.69) is 21.2 Å². The number of nitrogens with one attached hydrogen (secondary N) is 1. The van der Waals surface area contributed by atoms with Gasteiger partial charge in [-0.15, -0.1) is 0 Å². The lowest BCUT2D eigenvalue weighted by molar-refractivity contribution is -0.137. The minimum atomic E-state index is -4.48. The summed E-state index contributed by atoms with van der Waals surface area (Å²) in [5, 5.41) is 2.07. The number of para-hydroxylation sites is 1. The second-order valence-electron chi connectivity index (χ2n) is 8.01. The summed E-state index contributed by atoms with van der Waals surface area (Å²) in [7, 11) is 0. The van der Waals surface area contributed by atoms with Crippen molar-refractivity contribution in [1.82, 2.24) is 9.47 Å². The third kappa shape index (κ3) is 5.26. The number of hydrogen-bond donors (Lipinski definition) is 1. The maximum atomic E-state index is 13.2. The summed E-state index contributed by atoms with van der Waals surface area (Å²) in [6.45, 7) is 3.00. The number of anilines is 1. The lowest BCUT2D eigenvalue weighted by Crippen LogP contribution is -2.36. The minimum Gasteiger partial charge on any atom is -0.324 e. The molecule has 1 aliphatic rings. The molecule has 4 rings (SSSR count). The Morgan fingerprint density at radius 2 is 1.81 bits per heavy atom. The second kappa shape index (κ2) is 9.98. The van der Waals surface area contributed by atoms with Crippen LogP contribution in [-0.4, -0.2) is 33.1 Å². The molecule has 1 N–H and O–H groups in total. The van der Waals surface area contributed by atoms with Crippen LogP contribution in [0.25, 0.3) is 11.8 Å².